The van der Waals surface area contributed by atoms with Gasteiger partial charge in [0, 0.05) is 0 Å². The summed E-state index contributed by atoms with van der Waals surface area (Å²) in [6.45, 7) is 0. The van der Waals surface area contributed by atoms with Crippen molar-refractivity contribution >= 4 is 87.8 Å². The molecule has 8 heteroatoms. The van der Waals surface area contributed by atoms with E-state index in [1.54, 1.807) is 0 Å². The van der Waals surface area contributed by atoms with Crippen molar-refractivity contribution in [1.29, 1.82) is 0 Å². The van der Waals surface area contributed by atoms with E-state index in [9.17, 15) is 0 Å². The van der Waals surface area contributed by atoms with E-state index in [1.165, 1.54) is 0 Å². The van der Waals surface area contributed by atoms with Gasteiger partial charge in [0.2, 0.25) is 0 Å². The zero-order valence-corrected chi connectivity index (χ0v) is 16.1. The Hall–Kier alpha value is 1.58. The molecule has 1 radical (unpaired) electrons. The zero-order valence-electron chi connectivity index (χ0n) is 6.28. The van der Waals surface area contributed by atoms with E-state index in [-0.39, 0.29) is 5.48 Å². The number of fused-ring (bicyclic) bond motifs is 1. The van der Waals surface area contributed by atoms with E-state index in [4.69, 9.17) is 5.63 Å². The van der Waals surface area contributed by atoms with Gasteiger partial charge in [-0.05, 0) is 0 Å². The summed E-state index contributed by atoms with van der Waals surface area (Å²) >= 11 is 12.5. The van der Waals surface area contributed by atoms with Gasteiger partial charge in [-0.1, -0.05) is 0 Å². The predicted octanol–water partition coefficient (Wildman–Crippen LogP) is 3.22. The van der Waals surface area contributed by atoms with Crippen LogP contribution in [0.2, 0.25) is 0 Å². The SMILES string of the molecule is Brc1c(Br)c(Br)c2c(c1Br)[O][Bi][O]2.O. The normalized spacial score (nSPS) is 12.6. The van der Waals surface area contributed by atoms with Crippen molar-refractivity contribution in [3.8, 4) is 11.5 Å². The molecule has 0 aliphatic carbocycles. The average molecular weight is 651 g/mol. The molecule has 1 aromatic carbocycles. The molecule has 0 saturated heterocycles. The maximum atomic E-state index is 5.48. The molecule has 2 rings (SSSR count). The minimum absolute atomic E-state index is 0. The Bertz CT molecular complexity index is 349. The summed E-state index contributed by atoms with van der Waals surface area (Å²) in [4.78, 5) is 0. The summed E-state index contributed by atoms with van der Waals surface area (Å²) in [5.41, 5.74) is 0. The number of hydrogen-bond donors (Lipinski definition) is 0. The first kappa shape index (κ1) is 13.6. The maximum absolute atomic E-state index is 5.48. The molecule has 1 heterocycles. The summed E-state index contributed by atoms with van der Waals surface area (Å²) in [6.07, 6.45) is 0. The predicted molar refractivity (Wildman–Crippen MR) is 67.9 cm³/mol. The molecule has 1 aliphatic heterocycles. The van der Waals surface area contributed by atoms with E-state index < -0.39 is 24.1 Å². The zero-order chi connectivity index (χ0) is 9.59. The Morgan fingerprint density at radius 3 is 1.43 bits per heavy atom. The van der Waals surface area contributed by atoms with Crippen LogP contribution in [0.4, 0.5) is 0 Å². The van der Waals surface area contributed by atoms with Gasteiger partial charge in [-0.15, -0.1) is 0 Å². The van der Waals surface area contributed by atoms with Crippen LogP contribution in [0.5, 0.6) is 11.5 Å². The van der Waals surface area contributed by atoms with Gasteiger partial charge >= 0.3 is 123 Å². The first-order valence-corrected chi connectivity index (χ1v) is 9.04. The van der Waals surface area contributed by atoms with Gasteiger partial charge in [0.05, 0.1) is 0 Å². The second-order valence-corrected chi connectivity index (χ2v) is 7.34. The Morgan fingerprint density at radius 1 is 0.714 bits per heavy atom. The Labute approximate surface area is 127 Å². The number of benzene rings is 1. The summed E-state index contributed by atoms with van der Waals surface area (Å²) in [5.74, 6) is 1.61. The molecule has 2 N–H and O–H groups in total. The smallest absolute Gasteiger partial charge is 0.412 e. The van der Waals surface area contributed by atoms with E-state index in [2.05, 4.69) is 63.7 Å². The van der Waals surface area contributed by atoms with Gasteiger partial charge in [0.15, 0.2) is 0 Å². The molecule has 0 saturated carbocycles. The van der Waals surface area contributed by atoms with Crippen LogP contribution >= 0.6 is 63.7 Å². The molecule has 3 nitrogen and oxygen atoms in total. The largest absolute Gasteiger partial charge is 0.412 e. The van der Waals surface area contributed by atoms with Crippen molar-refractivity contribution in [3.63, 3.8) is 0 Å². The molecular weight excluding hydrogens is 649 g/mol. The third kappa shape index (κ3) is 2.16. The summed E-state index contributed by atoms with van der Waals surface area (Å²) in [5, 5.41) is 0. The Balaban J connectivity index is 0.000000980. The van der Waals surface area contributed by atoms with Gasteiger partial charge in [-0.2, -0.15) is 0 Å². The maximum Gasteiger partial charge on any atom is -0.412 e. The Kier molecular flexibility index (Phi) is 5.14. The fourth-order valence-corrected chi connectivity index (χ4v) is 6.16. The topological polar surface area (TPSA) is 50.0 Å². The standard InChI is InChI=1S/C6H2Br4O2.Bi.H2O/c7-1-2(8)4(10)6(12)5(11)3(1)9;;/h11-12H;;1H2/q;+2;/p-2. The second kappa shape index (κ2) is 5.28. The van der Waals surface area contributed by atoms with Crippen LogP contribution in [0.1, 0.15) is 0 Å². The van der Waals surface area contributed by atoms with Crippen molar-refractivity contribution in [1.82, 2.24) is 0 Å². The monoisotopic (exact) mass is 647 g/mol. The molecule has 0 atom stereocenters. The molecule has 1 aromatic rings. The van der Waals surface area contributed by atoms with Gasteiger partial charge in [0.1, 0.15) is 0 Å². The van der Waals surface area contributed by atoms with Gasteiger partial charge in [0.25, 0.3) is 0 Å². The van der Waals surface area contributed by atoms with Gasteiger partial charge in [-0.3, -0.25) is 0 Å². The summed E-state index contributed by atoms with van der Waals surface area (Å²) in [6, 6.07) is 0. The van der Waals surface area contributed by atoms with E-state index in [0.29, 0.717) is 0 Å². The minimum atomic E-state index is -1.23. The molecular formula is C6H2BiBr4O3. The van der Waals surface area contributed by atoms with Crippen LogP contribution in [0.15, 0.2) is 17.9 Å². The van der Waals surface area contributed by atoms with Crippen molar-refractivity contribution in [2.75, 3.05) is 0 Å². The molecule has 1 aliphatic rings. The molecule has 0 bridgehead atoms. The van der Waals surface area contributed by atoms with Crippen molar-refractivity contribution < 1.29 is 11.1 Å². The quantitative estimate of drug-likeness (QED) is 0.246. The number of hydrogen-bond acceptors (Lipinski definition) is 2. The van der Waals surface area contributed by atoms with Crippen molar-refractivity contribution in [2.24, 2.45) is 0 Å². The fraction of sp³-hybridized carbons (Fsp3) is 0. The van der Waals surface area contributed by atoms with E-state index >= 15 is 0 Å². The van der Waals surface area contributed by atoms with Crippen LogP contribution in [0, 0.1) is 0 Å². The summed E-state index contributed by atoms with van der Waals surface area (Å²) in [7, 11) is 0. The first-order valence-electron chi connectivity index (χ1n) is 3.03. The molecule has 0 unspecified atom stereocenters. The van der Waals surface area contributed by atoms with E-state index in [0.717, 1.165) is 29.4 Å². The molecule has 0 aromatic heterocycles. The average Bonchev–Trinajstić information content (AvgIpc) is 2.59. The van der Waals surface area contributed by atoms with Crippen LogP contribution < -0.4 is 5.63 Å². The molecule has 14 heavy (non-hydrogen) atoms. The number of rotatable bonds is 0. The van der Waals surface area contributed by atoms with E-state index in [1.807, 2.05) is 0 Å². The minimum Gasteiger partial charge on any atom is -0.412 e. The molecule has 0 amide bonds. The molecule has 0 fully saturated rings. The van der Waals surface area contributed by atoms with Crippen LogP contribution in [0.25, 0.3) is 0 Å². The third-order valence-corrected chi connectivity index (χ3v) is 8.13. The van der Waals surface area contributed by atoms with Gasteiger partial charge in [-0.25, -0.2) is 0 Å². The Morgan fingerprint density at radius 2 is 1.07 bits per heavy atom. The molecule has 77 valence electrons. The van der Waals surface area contributed by atoms with Crippen molar-refractivity contribution in [2.45, 2.75) is 0 Å². The van der Waals surface area contributed by atoms with Crippen molar-refractivity contribution in [3.05, 3.63) is 17.9 Å². The fourth-order valence-electron chi connectivity index (χ4n) is 0.848. The third-order valence-electron chi connectivity index (χ3n) is 1.44. The molecule has 0 spiro atoms. The van der Waals surface area contributed by atoms with Gasteiger partial charge < -0.3 is 5.48 Å². The van der Waals surface area contributed by atoms with Crippen LogP contribution in [-0.4, -0.2) is 29.6 Å². The number of halogens is 4. The van der Waals surface area contributed by atoms with Crippen LogP contribution in [-0.2, 0) is 0 Å². The second-order valence-electron chi connectivity index (χ2n) is 2.17. The summed E-state index contributed by atoms with van der Waals surface area (Å²) < 4.78 is 14.6. The first-order chi connectivity index (χ1) is 6.13. The van der Waals surface area contributed by atoms with Crippen LogP contribution in [0.3, 0.4) is 0 Å².